The van der Waals surface area contributed by atoms with E-state index < -0.39 is 0 Å². The van der Waals surface area contributed by atoms with Crippen molar-refractivity contribution < 1.29 is 9.59 Å². The van der Waals surface area contributed by atoms with Gasteiger partial charge in [0.2, 0.25) is 11.8 Å². The van der Waals surface area contributed by atoms with Crippen LogP contribution in [-0.2, 0) is 9.59 Å². The van der Waals surface area contributed by atoms with Crippen molar-refractivity contribution in [3.63, 3.8) is 0 Å². The first-order valence-corrected chi connectivity index (χ1v) is 8.39. The van der Waals surface area contributed by atoms with E-state index in [2.05, 4.69) is 28.2 Å². The van der Waals surface area contributed by atoms with Crippen LogP contribution in [0, 0.1) is 11.3 Å². The van der Waals surface area contributed by atoms with Gasteiger partial charge in [-0.2, -0.15) is 0 Å². The molecule has 1 aliphatic heterocycles. The normalized spacial score (nSPS) is 33.0. The molecule has 3 nitrogen and oxygen atoms in total. The predicted molar refractivity (Wildman–Crippen MR) is 84.7 cm³/mol. The molecule has 1 heterocycles. The number of piperidine rings is 1. The van der Waals surface area contributed by atoms with Crippen LogP contribution in [0.2, 0.25) is 0 Å². The molecule has 3 rings (SSSR count). The van der Waals surface area contributed by atoms with Gasteiger partial charge in [-0.25, -0.2) is 0 Å². The fraction of sp³-hybridized carbons (Fsp3) is 0.529. The molecule has 1 atom stereocenters. The van der Waals surface area contributed by atoms with Gasteiger partial charge in [-0.1, -0.05) is 53.9 Å². The van der Waals surface area contributed by atoms with Crippen LogP contribution in [0.25, 0.3) is 0 Å². The number of halogens is 1. The first kappa shape index (κ1) is 14.8. The molecule has 21 heavy (non-hydrogen) atoms. The fourth-order valence-corrected chi connectivity index (χ4v) is 4.45. The summed E-state index contributed by atoms with van der Waals surface area (Å²) < 4.78 is 0.956. The van der Waals surface area contributed by atoms with Gasteiger partial charge in [0.05, 0.1) is 5.92 Å². The van der Waals surface area contributed by atoms with Crippen molar-refractivity contribution in [3.8, 4) is 0 Å². The maximum Gasteiger partial charge on any atom is 0.234 e. The molecule has 2 fully saturated rings. The molecule has 2 amide bonds. The summed E-state index contributed by atoms with van der Waals surface area (Å²) in [5, 5.41) is 2.54. The summed E-state index contributed by atoms with van der Waals surface area (Å²) in [6, 6.07) is 7.89. The molecule has 0 radical (unpaired) electrons. The molecule has 1 aromatic rings. The third-order valence-electron chi connectivity index (χ3n) is 5.14. The number of imide groups is 1. The molecule has 1 unspecified atom stereocenters. The van der Waals surface area contributed by atoms with E-state index in [1.54, 1.807) is 0 Å². The quantitative estimate of drug-likeness (QED) is 0.784. The Morgan fingerprint density at radius 3 is 2.52 bits per heavy atom. The van der Waals surface area contributed by atoms with Crippen LogP contribution < -0.4 is 5.32 Å². The van der Waals surface area contributed by atoms with Crippen LogP contribution >= 0.6 is 15.9 Å². The molecule has 1 saturated heterocycles. The number of hydrogen-bond acceptors (Lipinski definition) is 2. The Morgan fingerprint density at radius 2 is 1.86 bits per heavy atom. The molecule has 1 spiro atoms. The first-order valence-electron chi connectivity index (χ1n) is 7.60. The molecule has 0 aromatic heterocycles. The zero-order valence-electron chi connectivity index (χ0n) is 12.2. The van der Waals surface area contributed by atoms with Crippen LogP contribution in [0.15, 0.2) is 28.7 Å². The molecule has 112 valence electrons. The van der Waals surface area contributed by atoms with Crippen molar-refractivity contribution in [2.75, 3.05) is 0 Å². The first-order chi connectivity index (χ1) is 10.0. The SMILES string of the molecule is CC1CCC2(CC1)CC(=O)NC(=O)C2c1ccccc1Br. The summed E-state index contributed by atoms with van der Waals surface area (Å²) in [6.07, 6.45) is 4.58. The molecule has 1 N–H and O–H groups in total. The number of amides is 2. The number of nitrogens with one attached hydrogen (secondary N) is 1. The Labute approximate surface area is 133 Å². The molecule has 1 aliphatic carbocycles. The number of carbonyl (C=O) groups excluding carboxylic acids is 2. The van der Waals surface area contributed by atoms with Gasteiger partial charge in [0, 0.05) is 10.9 Å². The highest BCUT2D eigenvalue weighted by Gasteiger charge is 2.50. The van der Waals surface area contributed by atoms with Gasteiger partial charge >= 0.3 is 0 Å². The van der Waals surface area contributed by atoms with Gasteiger partial charge in [0.15, 0.2) is 0 Å². The predicted octanol–water partition coefficient (Wildman–Crippen LogP) is 3.78. The highest BCUT2D eigenvalue weighted by Crippen LogP contribution is 2.53. The molecule has 2 aliphatic rings. The Hall–Kier alpha value is -1.16. The van der Waals surface area contributed by atoms with Gasteiger partial charge in [0.1, 0.15) is 0 Å². The average molecular weight is 350 g/mol. The largest absolute Gasteiger partial charge is 0.296 e. The summed E-state index contributed by atoms with van der Waals surface area (Å²) in [6.45, 7) is 2.25. The number of hydrogen-bond donors (Lipinski definition) is 1. The summed E-state index contributed by atoms with van der Waals surface area (Å²) >= 11 is 3.57. The molecular weight excluding hydrogens is 330 g/mol. The minimum absolute atomic E-state index is 0.113. The van der Waals surface area contributed by atoms with E-state index in [1.165, 1.54) is 0 Å². The van der Waals surface area contributed by atoms with E-state index in [0.717, 1.165) is 35.7 Å². The average Bonchev–Trinajstić information content (AvgIpc) is 2.43. The van der Waals surface area contributed by atoms with Crippen molar-refractivity contribution >= 4 is 27.7 Å². The van der Waals surface area contributed by atoms with Crippen molar-refractivity contribution in [1.29, 1.82) is 0 Å². The van der Waals surface area contributed by atoms with Gasteiger partial charge in [-0.15, -0.1) is 0 Å². The van der Waals surface area contributed by atoms with Crippen molar-refractivity contribution in [2.45, 2.75) is 44.9 Å². The molecule has 4 heteroatoms. The zero-order chi connectivity index (χ0) is 15.0. The topological polar surface area (TPSA) is 46.2 Å². The Bertz CT molecular complexity index is 576. The van der Waals surface area contributed by atoms with E-state index >= 15 is 0 Å². The number of benzene rings is 1. The number of rotatable bonds is 1. The maximum absolute atomic E-state index is 12.6. The van der Waals surface area contributed by atoms with Crippen molar-refractivity contribution in [3.05, 3.63) is 34.3 Å². The monoisotopic (exact) mass is 349 g/mol. The summed E-state index contributed by atoms with van der Waals surface area (Å²) in [5.41, 5.74) is 0.813. The molecule has 1 aromatic carbocycles. The lowest BCUT2D eigenvalue weighted by Gasteiger charge is -2.46. The van der Waals surface area contributed by atoms with Crippen LogP contribution in [0.1, 0.15) is 50.5 Å². The standard InChI is InChI=1S/C17H20BrNO2/c1-11-6-8-17(9-7-11)10-14(20)19-16(21)15(17)12-4-2-3-5-13(12)18/h2-5,11,15H,6-10H2,1H3,(H,19,20,21). The van der Waals surface area contributed by atoms with Gasteiger partial charge in [0.25, 0.3) is 0 Å². The van der Waals surface area contributed by atoms with Crippen LogP contribution in [-0.4, -0.2) is 11.8 Å². The highest BCUT2D eigenvalue weighted by atomic mass is 79.9. The molecular formula is C17H20BrNO2. The maximum atomic E-state index is 12.6. The molecule has 0 bridgehead atoms. The lowest BCUT2D eigenvalue weighted by molar-refractivity contribution is -0.141. The van der Waals surface area contributed by atoms with Gasteiger partial charge in [-0.3, -0.25) is 14.9 Å². The Morgan fingerprint density at radius 1 is 1.19 bits per heavy atom. The minimum Gasteiger partial charge on any atom is -0.296 e. The van der Waals surface area contributed by atoms with Gasteiger partial charge < -0.3 is 0 Å². The Balaban J connectivity index is 2.03. The number of carbonyl (C=O) groups is 2. The van der Waals surface area contributed by atoms with E-state index in [-0.39, 0.29) is 23.1 Å². The second-order valence-electron chi connectivity index (χ2n) is 6.59. The van der Waals surface area contributed by atoms with Gasteiger partial charge in [-0.05, 0) is 35.8 Å². The highest BCUT2D eigenvalue weighted by molar-refractivity contribution is 9.10. The van der Waals surface area contributed by atoms with E-state index in [9.17, 15) is 9.59 Å². The van der Waals surface area contributed by atoms with Crippen LogP contribution in [0.5, 0.6) is 0 Å². The van der Waals surface area contributed by atoms with Crippen molar-refractivity contribution in [1.82, 2.24) is 5.32 Å². The fourth-order valence-electron chi connectivity index (χ4n) is 3.94. The summed E-state index contributed by atoms with van der Waals surface area (Å²) in [7, 11) is 0. The third kappa shape index (κ3) is 2.66. The second kappa shape index (κ2) is 5.56. The van der Waals surface area contributed by atoms with E-state index in [1.807, 2.05) is 24.3 Å². The lowest BCUT2D eigenvalue weighted by atomic mass is 9.59. The van der Waals surface area contributed by atoms with Crippen LogP contribution in [0.4, 0.5) is 0 Å². The van der Waals surface area contributed by atoms with E-state index in [4.69, 9.17) is 0 Å². The third-order valence-corrected chi connectivity index (χ3v) is 5.86. The minimum atomic E-state index is -0.224. The van der Waals surface area contributed by atoms with Crippen LogP contribution in [0.3, 0.4) is 0 Å². The smallest absolute Gasteiger partial charge is 0.234 e. The summed E-state index contributed by atoms with van der Waals surface area (Å²) in [4.78, 5) is 24.5. The van der Waals surface area contributed by atoms with Crippen molar-refractivity contribution in [2.24, 2.45) is 11.3 Å². The van der Waals surface area contributed by atoms with E-state index in [0.29, 0.717) is 12.3 Å². The second-order valence-corrected chi connectivity index (χ2v) is 7.44. The lowest BCUT2D eigenvalue weighted by Crippen LogP contribution is -2.52. The zero-order valence-corrected chi connectivity index (χ0v) is 13.8. The summed E-state index contributed by atoms with van der Waals surface area (Å²) in [5.74, 6) is 0.222. The molecule has 1 saturated carbocycles. The Kier molecular flexibility index (Phi) is 3.91.